The first-order valence-electron chi connectivity index (χ1n) is 3.12. The van der Waals surface area contributed by atoms with Crippen molar-refractivity contribution in [1.82, 2.24) is 0 Å². The maximum atomic E-state index is 11.5. The molecule has 0 rings (SSSR count). The number of ether oxygens (including phenoxy) is 1. The topological polar surface area (TPSA) is 29.5 Å². The molecule has 10 heavy (non-hydrogen) atoms. The van der Waals surface area contributed by atoms with Crippen LogP contribution >= 0.6 is 0 Å². The molecule has 0 bridgehead atoms. The molecule has 0 aromatic heterocycles. The van der Waals surface area contributed by atoms with Gasteiger partial charge in [0.25, 0.3) is 6.43 Å². The SMILES string of the molecule is CC(OCC(F)F)[C@@H](C)O. The van der Waals surface area contributed by atoms with E-state index in [1.54, 1.807) is 6.92 Å². The first kappa shape index (κ1) is 9.78. The van der Waals surface area contributed by atoms with Crippen molar-refractivity contribution in [3.05, 3.63) is 0 Å². The Morgan fingerprint density at radius 3 is 2.20 bits per heavy atom. The Kier molecular flexibility index (Phi) is 4.47. The monoisotopic (exact) mass is 154 g/mol. The van der Waals surface area contributed by atoms with E-state index < -0.39 is 25.2 Å². The van der Waals surface area contributed by atoms with Crippen LogP contribution in [-0.4, -0.2) is 30.3 Å². The van der Waals surface area contributed by atoms with E-state index >= 15 is 0 Å². The van der Waals surface area contributed by atoms with Gasteiger partial charge in [-0.3, -0.25) is 0 Å². The van der Waals surface area contributed by atoms with Gasteiger partial charge in [-0.1, -0.05) is 0 Å². The van der Waals surface area contributed by atoms with Crippen molar-refractivity contribution in [2.75, 3.05) is 6.61 Å². The molecule has 0 saturated carbocycles. The zero-order valence-electron chi connectivity index (χ0n) is 6.05. The van der Waals surface area contributed by atoms with Gasteiger partial charge in [-0.2, -0.15) is 0 Å². The van der Waals surface area contributed by atoms with E-state index in [9.17, 15) is 8.78 Å². The second kappa shape index (κ2) is 4.57. The average molecular weight is 154 g/mol. The van der Waals surface area contributed by atoms with Crippen LogP contribution in [0.15, 0.2) is 0 Å². The average Bonchev–Trinajstić information content (AvgIpc) is 1.82. The van der Waals surface area contributed by atoms with E-state index in [1.165, 1.54) is 6.92 Å². The molecule has 0 saturated heterocycles. The van der Waals surface area contributed by atoms with Gasteiger partial charge in [0.15, 0.2) is 0 Å². The predicted molar refractivity (Wildman–Crippen MR) is 33.1 cm³/mol. The van der Waals surface area contributed by atoms with Crippen LogP contribution in [0.1, 0.15) is 13.8 Å². The Labute approximate surface area is 58.8 Å². The van der Waals surface area contributed by atoms with Gasteiger partial charge in [0.05, 0.1) is 12.2 Å². The number of aliphatic hydroxyl groups excluding tert-OH is 1. The van der Waals surface area contributed by atoms with E-state index in [4.69, 9.17) is 5.11 Å². The fourth-order valence-electron chi connectivity index (χ4n) is 0.364. The third kappa shape index (κ3) is 4.64. The van der Waals surface area contributed by atoms with Gasteiger partial charge >= 0.3 is 0 Å². The normalized spacial score (nSPS) is 17.4. The van der Waals surface area contributed by atoms with E-state index in [0.29, 0.717) is 0 Å². The largest absolute Gasteiger partial charge is 0.391 e. The molecule has 0 spiro atoms. The summed E-state index contributed by atoms with van der Waals surface area (Å²) in [6, 6.07) is 0. The first-order valence-corrected chi connectivity index (χ1v) is 3.12. The molecule has 2 nitrogen and oxygen atoms in total. The summed E-state index contributed by atoms with van der Waals surface area (Å²) in [5, 5.41) is 8.76. The van der Waals surface area contributed by atoms with Gasteiger partial charge in [0, 0.05) is 0 Å². The van der Waals surface area contributed by atoms with Crippen LogP contribution in [0.2, 0.25) is 0 Å². The standard InChI is InChI=1S/C6H12F2O2/c1-4(9)5(2)10-3-6(7)8/h4-6,9H,3H2,1-2H3/t4-,5?/m1/s1. The molecule has 0 aliphatic rings. The summed E-state index contributed by atoms with van der Waals surface area (Å²) in [6.45, 7) is 2.44. The molecule has 0 amide bonds. The van der Waals surface area contributed by atoms with Crippen LogP contribution in [-0.2, 0) is 4.74 Å². The van der Waals surface area contributed by atoms with Crippen LogP contribution in [0, 0.1) is 0 Å². The Balaban J connectivity index is 3.30. The van der Waals surface area contributed by atoms with Crippen LogP contribution in [0.3, 0.4) is 0 Å². The predicted octanol–water partition coefficient (Wildman–Crippen LogP) is 1.04. The highest BCUT2D eigenvalue weighted by Crippen LogP contribution is 2.00. The number of alkyl halides is 2. The summed E-state index contributed by atoms with van der Waals surface area (Å²) < 4.78 is 27.5. The lowest BCUT2D eigenvalue weighted by molar-refractivity contribution is -0.0609. The lowest BCUT2D eigenvalue weighted by Gasteiger charge is -2.14. The molecule has 0 aliphatic carbocycles. The van der Waals surface area contributed by atoms with Gasteiger partial charge in [-0.05, 0) is 13.8 Å². The summed E-state index contributed by atoms with van der Waals surface area (Å²) in [7, 11) is 0. The van der Waals surface area contributed by atoms with Gasteiger partial charge in [-0.25, -0.2) is 8.78 Å². The Morgan fingerprint density at radius 2 is 1.90 bits per heavy atom. The zero-order chi connectivity index (χ0) is 8.15. The van der Waals surface area contributed by atoms with Gasteiger partial charge in [0.2, 0.25) is 0 Å². The number of halogens is 2. The second-order valence-corrected chi connectivity index (χ2v) is 2.17. The van der Waals surface area contributed by atoms with Crippen LogP contribution in [0.5, 0.6) is 0 Å². The molecule has 0 aromatic rings. The lowest BCUT2D eigenvalue weighted by Crippen LogP contribution is -2.24. The quantitative estimate of drug-likeness (QED) is 0.655. The van der Waals surface area contributed by atoms with Crippen LogP contribution in [0.4, 0.5) is 8.78 Å². The molecule has 62 valence electrons. The van der Waals surface area contributed by atoms with Crippen molar-refractivity contribution in [2.45, 2.75) is 32.5 Å². The zero-order valence-corrected chi connectivity index (χ0v) is 6.05. The minimum absolute atomic E-state index is 0.519. The van der Waals surface area contributed by atoms with Gasteiger partial charge in [0.1, 0.15) is 6.61 Å². The highest BCUT2D eigenvalue weighted by molar-refractivity contribution is 4.56. The summed E-state index contributed by atoms with van der Waals surface area (Å²) in [4.78, 5) is 0. The molecule has 2 atom stereocenters. The van der Waals surface area contributed by atoms with Crippen molar-refractivity contribution in [3.8, 4) is 0 Å². The van der Waals surface area contributed by atoms with Crippen molar-refractivity contribution < 1.29 is 18.6 Å². The Hall–Kier alpha value is -0.220. The van der Waals surface area contributed by atoms with E-state index in [2.05, 4.69) is 4.74 Å². The molecule has 0 radical (unpaired) electrons. The summed E-state index contributed by atoms with van der Waals surface area (Å²) in [5.74, 6) is 0. The van der Waals surface area contributed by atoms with E-state index in [1.807, 2.05) is 0 Å². The lowest BCUT2D eigenvalue weighted by atomic mass is 10.3. The summed E-state index contributed by atoms with van der Waals surface area (Å²) in [5.41, 5.74) is 0. The second-order valence-electron chi connectivity index (χ2n) is 2.17. The Morgan fingerprint density at radius 1 is 1.40 bits per heavy atom. The molecule has 0 aliphatic heterocycles. The van der Waals surface area contributed by atoms with E-state index in [-0.39, 0.29) is 0 Å². The van der Waals surface area contributed by atoms with Crippen LogP contribution < -0.4 is 0 Å². The molecule has 1 N–H and O–H groups in total. The van der Waals surface area contributed by atoms with Crippen molar-refractivity contribution >= 4 is 0 Å². The summed E-state index contributed by atoms with van der Waals surface area (Å²) in [6.07, 6.45) is -3.67. The fraction of sp³-hybridized carbons (Fsp3) is 1.00. The number of aliphatic hydroxyl groups is 1. The van der Waals surface area contributed by atoms with Crippen molar-refractivity contribution in [3.63, 3.8) is 0 Å². The summed E-state index contributed by atoms with van der Waals surface area (Å²) >= 11 is 0. The molecule has 1 unspecified atom stereocenters. The molecule has 0 aromatic carbocycles. The minimum atomic E-state index is -2.46. The van der Waals surface area contributed by atoms with Crippen LogP contribution in [0.25, 0.3) is 0 Å². The maximum Gasteiger partial charge on any atom is 0.261 e. The highest BCUT2D eigenvalue weighted by Gasteiger charge is 2.11. The van der Waals surface area contributed by atoms with Gasteiger partial charge < -0.3 is 9.84 Å². The molecule has 4 heteroatoms. The van der Waals surface area contributed by atoms with Crippen molar-refractivity contribution in [2.24, 2.45) is 0 Å². The number of rotatable bonds is 4. The smallest absolute Gasteiger partial charge is 0.261 e. The van der Waals surface area contributed by atoms with Gasteiger partial charge in [-0.15, -0.1) is 0 Å². The molecular formula is C6H12F2O2. The molecule has 0 heterocycles. The molecule has 0 fully saturated rings. The van der Waals surface area contributed by atoms with E-state index in [0.717, 1.165) is 0 Å². The third-order valence-electron chi connectivity index (χ3n) is 1.16. The number of hydrogen-bond donors (Lipinski definition) is 1. The fourth-order valence-corrected chi connectivity index (χ4v) is 0.364. The third-order valence-corrected chi connectivity index (χ3v) is 1.16. The maximum absolute atomic E-state index is 11.5. The Bertz CT molecular complexity index is 85.8. The molecular weight excluding hydrogens is 142 g/mol. The number of hydrogen-bond acceptors (Lipinski definition) is 2. The van der Waals surface area contributed by atoms with Crippen molar-refractivity contribution in [1.29, 1.82) is 0 Å². The highest BCUT2D eigenvalue weighted by atomic mass is 19.3. The first-order chi connectivity index (χ1) is 4.54. The minimum Gasteiger partial charge on any atom is -0.391 e.